The highest BCUT2D eigenvalue weighted by Gasteiger charge is 2.40. The number of nitrogens with two attached hydrogens (primary N) is 1. The Balaban J connectivity index is 1.95. The first-order chi connectivity index (χ1) is 6.76. The first-order valence-electron chi connectivity index (χ1n) is 4.65. The summed E-state index contributed by atoms with van der Waals surface area (Å²) in [6, 6.07) is 0. The van der Waals surface area contributed by atoms with Gasteiger partial charge >= 0.3 is 0 Å². The van der Waals surface area contributed by atoms with Crippen molar-refractivity contribution in [3.63, 3.8) is 0 Å². The van der Waals surface area contributed by atoms with Gasteiger partial charge in [0.15, 0.2) is 0 Å². The lowest BCUT2D eigenvalue weighted by Crippen LogP contribution is -2.24. The molecular formula is C9H13ClN4. The van der Waals surface area contributed by atoms with Crippen molar-refractivity contribution in [2.75, 3.05) is 18.4 Å². The Morgan fingerprint density at radius 3 is 2.93 bits per heavy atom. The predicted octanol–water partition coefficient (Wildman–Crippen LogP) is 1.28. The van der Waals surface area contributed by atoms with Crippen LogP contribution in [0.25, 0.3) is 0 Å². The van der Waals surface area contributed by atoms with Crippen molar-refractivity contribution >= 4 is 17.4 Å². The van der Waals surface area contributed by atoms with Gasteiger partial charge in [-0.2, -0.15) is 0 Å². The molecule has 2 rings (SSSR count). The molecule has 0 aromatic carbocycles. The van der Waals surface area contributed by atoms with Crippen LogP contribution in [0.5, 0.6) is 0 Å². The molecule has 3 N–H and O–H groups in total. The normalized spacial score (nSPS) is 17.9. The highest BCUT2D eigenvalue weighted by Crippen LogP contribution is 2.44. The van der Waals surface area contributed by atoms with Crippen LogP contribution >= 0.6 is 11.6 Å². The Morgan fingerprint density at radius 2 is 2.36 bits per heavy atom. The molecule has 0 amide bonds. The maximum Gasteiger partial charge on any atom is 0.148 e. The van der Waals surface area contributed by atoms with Crippen LogP contribution in [-0.2, 0) is 0 Å². The summed E-state index contributed by atoms with van der Waals surface area (Å²) in [6.07, 6.45) is 5.45. The average molecular weight is 213 g/mol. The van der Waals surface area contributed by atoms with E-state index >= 15 is 0 Å². The molecule has 1 aliphatic rings. The summed E-state index contributed by atoms with van der Waals surface area (Å²) in [7, 11) is 0. The molecule has 1 aromatic heterocycles. The van der Waals surface area contributed by atoms with Crippen molar-refractivity contribution in [3.8, 4) is 0 Å². The Morgan fingerprint density at radius 1 is 1.57 bits per heavy atom. The van der Waals surface area contributed by atoms with Gasteiger partial charge in [-0.05, 0) is 24.8 Å². The van der Waals surface area contributed by atoms with Gasteiger partial charge in [0.2, 0.25) is 0 Å². The minimum absolute atomic E-state index is 0.286. The van der Waals surface area contributed by atoms with E-state index in [1.54, 1.807) is 6.20 Å². The van der Waals surface area contributed by atoms with Crippen LogP contribution < -0.4 is 11.1 Å². The topological polar surface area (TPSA) is 63.8 Å². The summed E-state index contributed by atoms with van der Waals surface area (Å²) in [5.74, 6) is 0.696. The lowest BCUT2D eigenvalue weighted by Gasteiger charge is -2.13. The van der Waals surface area contributed by atoms with E-state index in [1.165, 1.54) is 19.2 Å². The van der Waals surface area contributed by atoms with E-state index in [0.717, 1.165) is 13.1 Å². The summed E-state index contributed by atoms with van der Waals surface area (Å²) < 4.78 is 0. The molecule has 0 radical (unpaired) electrons. The fourth-order valence-corrected chi connectivity index (χ4v) is 1.52. The zero-order chi connectivity index (χ0) is 10.0. The summed E-state index contributed by atoms with van der Waals surface area (Å²) in [5, 5.41) is 3.76. The summed E-state index contributed by atoms with van der Waals surface area (Å²) in [5.41, 5.74) is 5.95. The largest absolute Gasteiger partial charge is 0.368 e. The number of nitrogens with zero attached hydrogens (tertiary/aromatic N) is 2. The number of rotatable bonds is 4. The van der Waals surface area contributed by atoms with Crippen LogP contribution in [0.4, 0.5) is 5.82 Å². The van der Waals surface area contributed by atoms with E-state index in [2.05, 4.69) is 15.3 Å². The lowest BCUT2D eigenvalue weighted by molar-refractivity contribution is 0.555. The zero-order valence-corrected chi connectivity index (χ0v) is 8.59. The third-order valence-corrected chi connectivity index (χ3v) is 2.97. The van der Waals surface area contributed by atoms with Gasteiger partial charge in [-0.3, -0.25) is 0 Å². The van der Waals surface area contributed by atoms with Gasteiger partial charge in [-0.15, -0.1) is 0 Å². The summed E-state index contributed by atoms with van der Waals surface area (Å²) in [4.78, 5) is 7.87. The fraction of sp³-hybridized carbons (Fsp3) is 0.556. The zero-order valence-electron chi connectivity index (χ0n) is 7.83. The van der Waals surface area contributed by atoms with E-state index in [0.29, 0.717) is 10.8 Å². The molecule has 1 heterocycles. The lowest BCUT2D eigenvalue weighted by atomic mass is 10.1. The monoisotopic (exact) mass is 212 g/mol. The maximum atomic E-state index is 5.90. The second kappa shape index (κ2) is 3.71. The van der Waals surface area contributed by atoms with E-state index in [-0.39, 0.29) is 5.41 Å². The molecule has 0 spiro atoms. The first-order valence-corrected chi connectivity index (χ1v) is 5.03. The van der Waals surface area contributed by atoms with Gasteiger partial charge < -0.3 is 11.1 Å². The van der Waals surface area contributed by atoms with Crippen molar-refractivity contribution in [2.45, 2.75) is 12.8 Å². The van der Waals surface area contributed by atoms with E-state index in [1.807, 2.05) is 0 Å². The number of hydrogen-bond acceptors (Lipinski definition) is 4. The second-order valence-electron chi connectivity index (χ2n) is 3.78. The van der Waals surface area contributed by atoms with Crippen LogP contribution in [0.3, 0.4) is 0 Å². The summed E-state index contributed by atoms with van der Waals surface area (Å²) >= 11 is 5.90. The molecule has 1 aromatic rings. The highest BCUT2D eigenvalue weighted by molar-refractivity contribution is 6.32. The quantitative estimate of drug-likeness (QED) is 0.789. The Kier molecular flexibility index (Phi) is 2.56. The maximum absolute atomic E-state index is 5.90. The van der Waals surface area contributed by atoms with Crippen LogP contribution in [0.1, 0.15) is 12.8 Å². The summed E-state index contributed by atoms with van der Waals surface area (Å²) in [6.45, 7) is 1.57. The minimum Gasteiger partial charge on any atom is -0.368 e. The third kappa shape index (κ3) is 1.96. The molecule has 0 atom stereocenters. The molecule has 0 aliphatic heterocycles. The van der Waals surface area contributed by atoms with Crippen LogP contribution in [-0.4, -0.2) is 23.1 Å². The molecular weight excluding hydrogens is 200 g/mol. The Labute approximate surface area is 87.9 Å². The van der Waals surface area contributed by atoms with Crippen LogP contribution in [0.2, 0.25) is 5.02 Å². The molecule has 0 saturated heterocycles. The van der Waals surface area contributed by atoms with E-state index < -0.39 is 0 Å². The number of anilines is 1. The van der Waals surface area contributed by atoms with Crippen molar-refractivity contribution in [3.05, 3.63) is 17.5 Å². The molecule has 1 fully saturated rings. The number of halogens is 1. The number of aromatic nitrogens is 2. The molecule has 5 heteroatoms. The number of hydrogen-bond donors (Lipinski definition) is 2. The minimum atomic E-state index is 0.286. The van der Waals surface area contributed by atoms with Crippen LogP contribution in [0.15, 0.2) is 12.5 Å². The van der Waals surface area contributed by atoms with E-state index in [9.17, 15) is 0 Å². The Bertz CT molecular complexity index is 324. The molecule has 14 heavy (non-hydrogen) atoms. The highest BCUT2D eigenvalue weighted by atomic mass is 35.5. The first kappa shape index (κ1) is 9.68. The van der Waals surface area contributed by atoms with Gasteiger partial charge in [0.25, 0.3) is 0 Å². The third-order valence-electron chi connectivity index (χ3n) is 2.69. The van der Waals surface area contributed by atoms with Gasteiger partial charge in [0.05, 0.1) is 6.20 Å². The molecule has 1 aliphatic carbocycles. The van der Waals surface area contributed by atoms with Crippen molar-refractivity contribution in [1.82, 2.24) is 9.97 Å². The predicted molar refractivity (Wildman–Crippen MR) is 56.3 cm³/mol. The van der Waals surface area contributed by atoms with Crippen molar-refractivity contribution in [1.29, 1.82) is 0 Å². The van der Waals surface area contributed by atoms with Crippen LogP contribution in [0, 0.1) is 5.41 Å². The SMILES string of the molecule is NCC1(CNc2ncncc2Cl)CC1. The van der Waals surface area contributed by atoms with Crippen molar-refractivity contribution in [2.24, 2.45) is 11.1 Å². The number of nitrogens with one attached hydrogen (secondary N) is 1. The standard InChI is InChI=1S/C9H13ClN4/c10-7-3-12-6-14-8(7)13-5-9(4-11)1-2-9/h3,6H,1-2,4-5,11H2,(H,12,13,14). The fourth-order valence-electron chi connectivity index (χ4n) is 1.34. The van der Waals surface area contributed by atoms with Gasteiger partial charge in [-0.25, -0.2) is 9.97 Å². The molecule has 0 bridgehead atoms. The average Bonchev–Trinajstić information content (AvgIpc) is 2.98. The second-order valence-corrected chi connectivity index (χ2v) is 4.18. The van der Waals surface area contributed by atoms with Gasteiger partial charge in [0.1, 0.15) is 17.2 Å². The molecule has 1 saturated carbocycles. The molecule has 0 unspecified atom stereocenters. The van der Waals surface area contributed by atoms with Gasteiger partial charge in [0, 0.05) is 6.54 Å². The molecule has 76 valence electrons. The Hall–Kier alpha value is -0.870. The van der Waals surface area contributed by atoms with E-state index in [4.69, 9.17) is 17.3 Å². The molecule has 4 nitrogen and oxygen atoms in total. The van der Waals surface area contributed by atoms with Gasteiger partial charge in [-0.1, -0.05) is 11.6 Å². The van der Waals surface area contributed by atoms with Crippen molar-refractivity contribution < 1.29 is 0 Å². The smallest absolute Gasteiger partial charge is 0.148 e.